The molecule has 0 rings (SSSR count). The van der Waals surface area contributed by atoms with E-state index in [9.17, 15) is 5.21 Å². The summed E-state index contributed by atoms with van der Waals surface area (Å²) in [5.74, 6) is 0. The maximum Gasteiger partial charge on any atom is 0.163 e. The number of rotatable bonds is 5. The quantitative estimate of drug-likeness (QED) is 0.422. The van der Waals surface area contributed by atoms with E-state index in [2.05, 4.69) is 0 Å². The number of unbranched alkanes of at least 4 members (excludes halogenated alkanes) is 1. The van der Waals surface area contributed by atoms with Gasteiger partial charge in [-0.3, -0.25) is 0 Å². The lowest BCUT2D eigenvalue weighted by Crippen LogP contribution is -2.28. The first-order valence-electron chi connectivity index (χ1n) is 3.45. The van der Waals surface area contributed by atoms with Crippen LogP contribution < -0.4 is 0 Å². The lowest BCUT2D eigenvalue weighted by Gasteiger charge is -2.28. The maximum absolute atomic E-state index is 10.6. The Morgan fingerprint density at radius 3 is 2.50 bits per heavy atom. The number of hydrogen-bond donors (Lipinski definition) is 2. The molecule has 62 valence electrons. The Morgan fingerprint density at radius 2 is 2.10 bits per heavy atom. The predicted octanol–water partition coefficient (Wildman–Crippen LogP) is -0.103. The van der Waals surface area contributed by atoms with Crippen LogP contribution in [0.2, 0.25) is 0 Å². The van der Waals surface area contributed by atoms with E-state index in [1.165, 1.54) is 0 Å². The van der Waals surface area contributed by atoms with Crippen LogP contribution in [0.25, 0.3) is 0 Å². The number of aliphatic hydroxyl groups is 2. The molecule has 0 aliphatic carbocycles. The summed E-state index contributed by atoms with van der Waals surface area (Å²) in [7, 11) is 0. The van der Waals surface area contributed by atoms with E-state index < -0.39 is 6.29 Å². The molecule has 0 saturated heterocycles. The second-order valence-electron chi connectivity index (χ2n) is 2.22. The number of hydrogen-bond acceptors (Lipinski definition) is 4. The molecule has 0 aliphatic heterocycles. The van der Waals surface area contributed by atoms with E-state index in [1.807, 2.05) is 6.92 Å². The van der Waals surface area contributed by atoms with Gasteiger partial charge in [-0.15, -0.1) is 0 Å². The number of nitrogens with zero attached hydrogens (tertiary/aromatic N) is 1. The van der Waals surface area contributed by atoms with Crippen LogP contribution in [0.4, 0.5) is 0 Å². The van der Waals surface area contributed by atoms with Crippen LogP contribution in [0.5, 0.6) is 0 Å². The van der Waals surface area contributed by atoms with Crippen LogP contribution in [-0.2, 0) is 0 Å². The zero-order valence-corrected chi connectivity index (χ0v) is 6.16. The van der Waals surface area contributed by atoms with Gasteiger partial charge >= 0.3 is 0 Å². The Hall–Kier alpha value is -0.160. The lowest BCUT2D eigenvalue weighted by molar-refractivity contribution is -0.0541. The van der Waals surface area contributed by atoms with Gasteiger partial charge in [0.2, 0.25) is 0 Å². The molecule has 0 fully saturated rings. The highest BCUT2D eigenvalue weighted by atomic mass is 16.5. The van der Waals surface area contributed by atoms with Gasteiger partial charge in [0.05, 0.1) is 0 Å². The molecule has 4 nitrogen and oxygen atoms in total. The zero-order chi connectivity index (χ0) is 7.98. The van der Waals surface area contributed by atoms with Crippen LogP contribution in [-0.4, -0.2) is 34.7 Å². The van der Waals surface area contributed by atoms with Crippen molar-refractivity contribution in [3.8, 4) is 0 Å². The highest BCUT2D eigenvalue weighted by Gasteiger charge is 1.97. The molecule has 4 heteroatoms. The van der Waals surface area contributed by atoms with Gasteiger partial charge in [-0.1, -0.05) is 13.3 Å². The third-order valence-corrected chi connectivity index (χ3v) is 1.13. The van der Waals surface area contributed by atoms with Gasteiger partial charge in [-0.25, -0.2) is 0 Å². The smallest absolute Gasteiger partial charge is 0.163 e. The van der Waals surface area contributed by atoms with Crippen molar-refractivity contribution in [3.63, 3.8) is 0 Å². The minimum absolute atomic E-state index is 0.208. The van der Waals surface area contributed by atoms with E-state index in [4.69, 9.17) is 10.2 Å². The summed E-state index contributed by atoms with van der Waals surface area (Å²) in [6.07, 6.45) is 0.241. The molecular weight excluding hydrogens is 134 g/mol. The fraction of sp³-hybridized carbons (Fsp3) is 1.00. The van der Waals surface area contributed by atoms with Crippen LogP contribution in [0.15, 0.2) is 0 Å². The number of hydroxylamine groups is 2. The largest absolute Gasteiger partial charge is 0.785 e. The molecule has 10 heavy (non-hydrogen) atoms. The van der Waals surface area contributed by atoms with E-state index >= 15 is 0 Å². The Labute approximate surface area is 60.7 Å². The van der Waals surface area contributed by atoms with Crippen molar-refractivity contribution in [2.45, 2.75) is 26.1 Å². The zero-order valence-electron chi connectivity index (χ0n) is 6.16. The average Bonchev–Trinajstić information content (AvgIpc) is 1.82. The van der Waals surface area contributed by atoms with Crippen LogP contribution >= 0.6 is 0 Å². The first kappa shape index (κ1) is 9.84. The van der Waals surface area contributed by atoms with Gasteiger partial charge in [-0.05, 0) is 13.0 Å². The van der Waals surface area contributed by atoms with Crippen LogP contribution in [0.1, 0.15) is 19.8 Å². The molecule has 0 atom stereocenters. The third kappa shape index (κ3) is 5.97. The second-order valence-corrected chi connectivity index (χ2v) is 2.22. The van der Waals surface area contributed by atoms with Gasteiger partial charge in [0, 0.05) is 6.54 Å². The van der Waals surface area contributed by atoms with E-state index in [1.54, 1.807) is 0 Å². The van der Waals surface area contributed by atoms with Gasteiger partial charge in [0.1, 0.15) is 0 Å². The first-order valence-corrected chi connectivity index (χ1v) is 3.45. The first-order chi connectivity index (χ1) is 4.66. The van der Waals surface area contributed by atoms with Crippen molar-refractivity contribution < 1.29 is 10.2 Å². The molecule has 0 spiro atoms. The highest BCUT2D eigenvalue weighted by Crippen LogP contribution is 1.92. The third-order valence-electron chi connectivity index (χ3n) is 1.13. The molecule has 2 N–H and O–H groups in total. The molecule has 0 aromatic rings. The SMILES string of the molecule is CCCCN([O-])CC(O)O. The minimum Gasteiger partial charge on any atom is -0.785 e. The standard InChI is InChI=1S/C6H14NO3/c1-2-3-4-7(10)5-6(8)9/h6,8-9H,2-5H2,1H3/q-1. The summed E-state index contributed by atoms with van der Waals surface area (Å²) in [4.78, 5) is 0. The Bertz CT molecular complexity index is 77.4. The summed E-state index contributed by atoms with van der Waals surface area (Å²) in [6.45, 7) is 2.15. The van der Waals surface area contributed by atoms with Crippen molar-refractivity contribution in [2.75, 3.05) is 13.1 Å². The molecule has 0 bridgehead atoms. The fourth-order valence-corrected chi connectivity index (χ4v) is 0.608. The summed E-state index contributed by atoms with van der Waals surface area (Å²) in [5, 5.41) is 27.9. The van der Waals surface area contributed by atoms with Gasteiger partial charge in [-0.2, -0.15) is 0 Å². The summed E-state index contributed by atoms with van der Waals surface area (Å²) >= 11 is 0. The van der Waals surface area contributed by atoms with Crippen LogP contribution in [0.3, 0.4) is 0 Å². The van der Waals surface area contributed by atoms with Crippen molar-refractivity contribution in [3.05, 3.63) is 5.21 Å². The Kier molecular flexibility index (Phi) is 5.52. The maximum atomic E-state index is 10.6. The molecule has 0 amide bonds. The monoisotopic (exact) mass is 148 g/mol. The molecule has 0 aliphatic rings. The summed E-state index contributed by atoms with van der Waals surface area (Å²) in [5.41, 5.74) is 0. The molecule has 0 aromatic heterocycles. The Morgan fingerprint density at radius 1 is 1.50 bits per heavy atom. The van der Waals surface area contributed by atoms with Crippen molar-refractivity contribution >= 4 is 0 Å². The molecule has 0 saturated carbocycles. The normalized spacial score (nSPS) is 11.4. The molecule has 0 heterocycles. The predicted molar refractivity (Wildman–Crippen MR) is 38.1 cm³/mol. The number of aliphatic hydroxyl groups excluding tert-OH is 1. The summed E-state index contributed by atoms with van der Waals surface area (Å²) < 4.78 is 0. The average molecular weight is 148 g/mol. The van der Waals surface area contributed by atoms with E-state index in [-0.39, 0.29) is 6.54 Å². The van der Waals surface area contributed by atoms with E-state index in [0.717, 1.165) is 12.8 Å². The topological polar surface area (TPSA) is 66.8 Å². The molecule has 0 unspecified atom stereocenters. The molecule has 0 radical (unpaired) electrons. The lowest BCUT2D eigenvalue weighted by atomic mass is 10.3. The van der Waals surface area contributed by atoms with Gasteiger partial charge in [0.25, 0.3) is 0 Å². The van der Waals surface area contributed by atoms with E-state index in [0.29, 0.717) is 11.6 Å². The van der Waals surface area contributed by atoms with Crippen molar-refractivity contribution in [1.29, 1.82) is 0 Å². The highest BCUT2D eigenvalue weighted by molar-refractivity contribution is 4.56. The van der Waals surface area contributed by atoms with Gasteiger partial charge < -0.3 is 20.5 Å². The fourth-order valence-electron chi connectivity index (χ4n) is 0.608. The van der Waals surface area contributed by atoms with Crippen molar-refractivity contribution in [1.82, 2.24) is 5.06 Å². The molecular formula is C6H14NO3-. The second kappa shape index (κ2) is 5.61. The van der Waals surface area contributed by atoms with Crippen LogP contribution in [0, 0.1) is 5.21 Å². The van der Waals surface area contributed by atoms with Gasteiger partial charge in [0.15, 0.2) is 6.29 Å². The Balaban J connectivity index is 3.16. The van der Waals surface area contributed by atoms with Crippen molar-refractivity contribution in [2.24, 2.45) is 0 Å². The molecule has 0 aromatic carbocycles. The minimum atomic E-state index is -1.51. The summed E-state index contributed by atoms with van der Waals surface area (Å²) in [6, 6.07) is 0.